The monoisotopic (exact) mass is 388 g/mol. The minimum atomic E-state index is 0.338. The number of aryl methyl sites for hydroxylation is 3. The van der Waals surface area contributed by atoms with Gasteiger partial charge < -0.3 is 18.6 Å². The second-order valence-corrected chi connectivity index (χ2v) is 7.50. The highest BCUT2D eigenvalue weighted by atomic mass is 16.5. The molecule has 1 aliphatic rings. The van der Waals surface area contributed by atoms with Crippen LogP contribution in [0, 0.1) is 20.8 Å². The molecule has 0 radical (unpaired) electrons. The normalized spacial score (nSPS) is 15.9. The van der Waals surface area contributed by atoms with Gasteiger partial charge in [0, 0.05) is 32.3 Å². The van der Waals surface area contributed by atoms with E-state index in [0.717, 1.165) is 66.4 Å². The average Bonchev–Trinajstić information content (AvgIpc) is 3.05. The summed E-state index contributed by atoms with van der Waals surface area (Å²) in [5.41, 5.74) is 4.22. The number of oxazole rings is 1. The molecule has 0 spiro atoms. The van der Waals surface area contributed by atoms with Crippen LogP contribution in [-0.4, -0.2) is 56.5 Å². The predicted octanol–water partition coefficient (Wildman–Crippen LogP) is 3.90. The molecule has 2 aromatic rings. The van der Waals surface area contributed by atoms with Gasteiger partial charge >= 0.3 is 0 Å². The van der Waals surface area contributed by atoms with Crippen molar-refractivity contribution in [3.63, 3.8) is 0 Å². The Labute approximate surface area is 167 Å². The van der Waals surface area contributed by atoms with Crippen LogP contribution in [0.1, 0.15) is 35.4 Å². The Morgan fingerprint density at radius 1 is 1.07 bits per heavy atom. The summed E-state index contributed by atoms with van der Waals surface area (Å²) in [6.07, 6.45) is 2.43. The number of hydrogen-bond acceptors (Lipinski definition) is 6. The van der Waals surface area contributed by atoms with Gasteiger partial charge in [0.2, 0.25) is 5.89 Å². The van der Waals surface area contributed by atoms with Gasteiger partial charge in [0.1, 0.15) is 11.5 Å². The van der Waals surface area contributed by atoms with E-state index >= 15 is 0 Å². The Hall–Kier alpha value is -1.89. The lowest BCUT2D eigenvalue weighted by Crippen LogP contribution is -2.37. The first-order chi connectivity index (χ1) is 13.5. The van der Waals surface area contributed by atoms with Crippen LogP contribution < -0.4 is 4.74 Å². The molecular weight excluding hydrogens is 356 g/mol. The second-order valence-electron chi connectivity index (χ2n) is 7.50. The summed E-state index contributed by atoms with van der Waals surface area (Å²) >= 11 is 0. The fraction of sp³-hybridized carbons (Fsp3) is 0.591. The third kappa shape index (κ3) is 4.93. The molecule has 1 aliphatic heterocycles. The largest absolute Gasteiger partial charge is 0.496 e. The van der Waals surface area contributed by atoms with E-state index in [9.17, 15) is 0 Å². The summed E-state index contributed by atoms with van der Waals surface area (Å²) < 4.78 is 22.3. The third-order valence-corrected chi connectivity index (χ3v) is 5.41. The lowest BCUT2D eigenvalue weighted by molar-refractivity contribution is -0.0159. The molecule has 28 heavy (non-hydrogen) atoms. The van der Waals surface area contributed by atoms with Crippen molar-refractivity contribution in [1.82, 2.24) is 9.88 Å². The molecule has 0 atom stereocenters. The number of methoxy groups -OCH3 is 2. The number of hydrogen-bond donors (Lipinski definition) is 0. The zero-order chi connectivity index (χ0) is 20.1. The number of aromatic nitrogens is 1. The Balaban J connectivity index is 1.63. The molecule has 1 saturated heterocycles. The van der Waals surface area contributed by atoms with E-state index in [1.165, 1.54) is 0 Å². The second kappa shape index (κ2) is 9.54. The standard InChI is InChI=1S/C22H32N2O4/c1-15-13-21(26-5)16(2)12-19(15)22-23-20(17(3)28-22)14-24-8-6-18(7-9-24)27-11-10-25-4/h12-13,18H,6-11,14H2,1-5H3. The van der Waals surface area contributed by atoms with E-state index < -0.39 is 0 Å². The van der Waals surface area contributed by atoms with E-state index in [1.807, 2.05) is 19.9 Å². The lowest BCUT2D eigenvalue weighted by Gasteiger charge is -2.31. The smallest absolute Gasteiger partial charge is 0.226 e. The van der Waals surface area contributed by atoms with Crippen molar-refractivity contribution >= 4 is 0 Å². The molecule has 1 aromatic heterocycles. The van der Waals surface area contributed by atoms with Crippen molar-refractivity contribution in [3.05, 3.63) is 34.7 Å². The van der Waals surface area contributed by atoms with Gasteiger partial charge in [-0.05, 0) is 56.9 Å². The maximum Gasteiger partial charge on any atom is 0.226 e. The van der Waals surface area contributed by atoms with Gasteiger partial charge in [-0.3, -0.25) is 4.90 Å². The van der Waals surface area contributed by atoms with E-state index in [-0.39, 0.29) is 0 Å². The fourth-order valence-electron chi connectivity index (χ4n) is 3.67. The Morgan fingerprint density at radius 2 is 1.82 bits per heavy atom. The van der Waals surface area contributed by atoms with Crippen LogP contribution in [0.25, 0.3) is 11.5 Å². The number of benzene rings is 1. The third-order valence-electron chi connectivity index (χ3n) is 5.41. The molecule has 6 nitrogen and oxygen atoms in total. The first-order valence-electron chi connectivity index (χ1n) is 9.96. The fourth-order valence-corrected chi connectivity index (χ4v) is 3.67. The molecule has 2 heterocycles. The minimum absolute atomic E-state index is 0.338. The molecule has 0 amide bonds. The number of piperidine rings is 1. The van der Waals surface area contributed by atoms with E-state index in [2.05, 4.69) is 17.9 Å². The molecule has 6 heteroatoms. The molecule has 0 bridgehead atoms. The molecule has 0 aliphatic carbocycles. The van der Waals surface area contributed by atoms with Crippen molar-refractivity contribution < 1.29 is 18.6 Å². The number of nitrogens with zero attached hydrogens (tertiary/aromatic N) is 2. The van der Waals surface area contributed by atoms with Crippen LogP contribution in [0.3, 0.4) is 0 Å². The van der Waals surface area contributed by atoms with E-state index in [0.29, 0.717) is 25.2 Å². The topological polar surface area (TPSA) is 57.0 Å². The molecule has 3 rings (SSSR count). The summed E-state index contributed by atoms with van der Waals surface area (Å²) in [5, 5.41) is 0. The summed E-state index contributed by atoms with van der Waals surface area (Å²) in [6.45, 7) is 10.3. The van der Waals surface area contributed by atoms with Crippen molar-refractivity contribution in [2.75, 3.05) is 40.5 Å². The highest BCUT2D eigenvalue weighted by molar-refractivity contribution is 5.62. The Kier molecular flexibility index (Phi) is 7.10. The van der Waals surface area contributed by atoms with E-state index in [4.69, 9.17) is 23.6 Å². The van der Waals surface area contributed by atoms with Crippen LogP contribution in [0.5, 0.6) is 5.75 Å². The van der Waals surface area contributed by atoms with Crippen LogP contribution in [0.2, 0.25) is 0 Å². The highest BCUT2D eigenvalue weighted by Gasteiger charge is 2.22. The lowest BCUT2D eigenvalue weighted by atomic mass is 10.0. The molecule has 1 fully saturated rings. The van der Waals surface area contributed by atoms with Gasteiger partial charge in [-0.25, -0.2) is 4.98 Å². The number of rotatable bonds is 8. The molecule has 0 N–H and O–H groups in total. The zero-order valence-electron chi connectivity index (χ0n) is 17.7. The highest BCUT2D eigenvalue weighted by Crippen LogP contribution is 2.31. The molecule has 0 saturated carbocycles. The molecule has 154 valence electrons. The molecule has 1 aromatic carbocycles. The molecular formula is C22H32N2O4. The maximum absolute atomic E-state index is 6.02. The van der Waals surface area contributed by atoms with Gasteiger partial charge in [-0.2, -0.15) is 0 Å². The average molecular weight is 389 g/mol. The quantitative estimate of drug-likeness (QED) is 0.639. The maximum atomic E-state index is 6.02. The Morgan fingerprint density at radius 3 is 2.50 bits per heavy atom. The Bertz CT molecular complexity index is 779. The molecule has 0 unspecified atom stereocenters. The van der Waals surface area contributed by atoms with E-state index in [1.54, 1.807) is 14.2 Å². The number of ether oxygens (including phenoxy) is 3. The summed E-state index contributed by atoms with van der Waals surface area (Å²) in [4.78, 5) is 7.24. The van der Waals surface area contributed by atoms with Crippen LogP contribution in [0.15, 0.2) is 16.5 Å². The predicted molar refractivity (Wildman–Crippen MR) is 109 cm³/mol. The van der Waals surface area contributed by atoms with Gasteiger partial charge in [-0.15, -0.1) is 0 Å². The zero-order valence-corrected chi connectivity index (χ0v) is 17.7. The van der Waals surface area contributed by atoms with Gasteiger partial charge in [0.05, 0.1) is 32.1 Å². The SMILES string of the molecule is COCCOC1CCN(Cc2nc(-c3cc(C)c(OC)cc3C)oc2C)CC1. The summed E-state index contributed by atoms with van der Waals surface area (Å²) in [6, 6.07) is 4.13. The van der Waals surface area contributed by atoms with Gasteiger partial charge in [-0.1, -0.05) is 0 Å². The van der Waals surface area contributed by atoms with Crippen molar-refractivity contribution in [1.29, 1.82) is 0 Å². The van der Waals surface area contributed by atoms with Crippen LogP contribution in [0.4, 0.5) is 0 Å². The van der Waals surface area contributed by atoms with Crippen LogP contribution in [-0.2, 0) is 16.0 Å². The van der Waals surface area contributed by atoms with Crippen molar-refractivity contribution in [2.45, 2.75) is 46.3 Å². The summed E-state index contributed by atoms with van der Waals surface area (Å²) in [5.74, 6) is 2.47. The summed E-state index contributed by atoms with van der Waals surface area (Å²) in [7, 11) is 3.40. The van der Waals surface area contributed by atoms with Gasteiger partial charge in [0.15, 0.2) is 0 Å². The van der Waals surface area contributed by atoms with Crippen molar-refractivity contribution in [3.8, 4) is 17.2 Å². The number of likely N-dealkylation sites (tertiary alicyclic amines) is 1. The minimum Gasteiger partial charge on any atom is -0.496 e. The first-order valence-corrected chi connectivity index (χ1v) is 9.96. The first kappa shape index (κ1) is 20.8. The van der Waals surface area contributed by atoms with Crippen molar-refractivity contribution in [2.24, 2.45) is 0 Å². The van der Waals surface area contributed by atoms with Crippen LogP contribution >= 0.6 is 0 Å². The van der Waals surface area contributed by atoms with Gasteiger partial charge in [0.25, 0.3) is 0 Å².